The van der Waals surface area contributed by atoms with Gasteiger partial charge in [-0.25, -0.2) is 9.78 Å². The van der Waals surface area contributed by atoms with Crippen LogP contribution in [0.4, 0.5) is 0 Å². The molecule has 0 unspecified atom stereocenters. The summed E-state index contributed by atoms with van der Waals surface area (Å²) in [5, 5.41) is -0.152. The molecule has 0 aromatic carbocycles. The molecule has 0 saturated carbocycles. The van der Waals surface area contributed by atoms with E-state index in [0.29, 0.717) is 22.4 Å². The standard InChI is InChI=1S/C10H12BrClN4O2/c1-5(12)4-16-6-7(13-9(16)11)14(2)10(18)15(3)8(6)17/h5H,4H2,1-3H3/t5-/m0/s1. The number of fused-ring (bicyclic) bond motifs is 1. The molecule has 2 aromatic heterocycles. The molecule has 0 fully saturated rings. The smallest absolute Gasteiger partial charge is 0.311 e. The van der Waals surface area contributed by atoms with Crippen molar-refractivity contribution in [3.8, 4) is 0 Å². The van der Waals surface area contributed by atoms with Crippen LogP contribution >= 0.6 is 27.5 Å². The number of imidazole rings is 1. The molecule has 6 nitrogen and oxygen atoms in total. The fourth-order valence-corrected chi connectivity index (χ4v) is 2.47. The molecule has 98 valence electrons. The van der Waals surface area contributed by atoms with Crippen molar-refractivity contribution < 1.29 is 0 Å². The van der Waals surface area contributed by atoms with Gasteiger partial charge in [0.05, 0.1) is 0 Å². The highest BCUT2D eigenvalue weighted by molar-refractivity contribution is 9.10. The Kier molecular flexibility index (Phi) is 3.37. The zero-order chi connectivity index (χ0) is 13.6. The third-order valence-electron chi connectivity index (χ3n) is 2.74. The summed E-state index contributed by atoms with van der Waals surface area (Å²) in [6, 6.07) is 0. The minimum atomic E-state index is -0.399. The van der Waals surface area contributed by atoms with Gasteiger partial charge >= 0.3 is 5.69 Å². The first-order valence-electron chi connectivity index (χ1n) is 5.30. The quantitative estimate of drug-likeness (QED) is 0.603. The largest absolute Gasteiger partial charge is 0.332 e. The number of nitrogens with zero attached hydrogens (tertiary/aromatic N) is 4. The molecule has 2 aromatic rings. The van der Waals surface area contributed by atoms with Crippen molar-refractivity contribution in [2.75, 3.05) is 0 Å². The van der Waals surface area contributed by atoms with E-state index in [1.807, 2.05) is 6.92 Å². The second-order valence-corrected chi connectivity index (χ2v) is 5.60. The maximum Gasteiger partial charge on any atom is 0.332 e. The van der Waals surface area contributed by atoms with E-state index in [2.05, 4.69) is 20.9 Å². The Labute approximate surface area is 116 Å². The molecular weight excluding hydrogens is 323 g/mol. The lowest BCUT2D eigenvalue weighted by molar-refractivity contribution is 0.672. The van der Waals surface area contributed by atoms with Gasteiger partial charge in [-0.15, -0.1) is 11.6 Å². The van der Waals surface area contributed by atoms with Crippen molar-refractivity contribution in [2.45, 2.75) is 18.8 Å². The van der Waals surface area contributed by atoms with Crippen molar-refractivity contribution in [1.82, 2.24) is 18.7 Å². The minimum Gasteiger partial charge on any atom is -0.311 e. The molecule has 0 saturated heterocycles. The predicted octanol–water partition coefficient (Wildman–Crippen LogP) is 0.824. The first-order chi connectivity index (χ1) is 8.34. The van der Waals surface area contributed by atoms with Crippen molar-refractivity contribution in [3.05, 3.63) is 25.6 Å². The average Bonchev–Trinajstić information content (AvgIpc) is 2.61. The molecule has 0 N–H and O–H groups in total. The summed E-state index contributed by atoms with van der Waals surface area (Å²) in [7, 11) is 3.03. The number of hydrogen-bond acceptors (Lipinski definition) is 3. The predicted molar refractivity (Wildman–Crippen MR) is 73.2 cm³/mol. The Morgan fingerprint density at radius 2 is 1.94 bits per heavy atom. The lowest BCUT2D eigenvalue weighted by atomic mass is 10.4. The van der Waals surface area contributed by atoms with Gasteiger partial charge < -0.3 is 4.57 Å². The second kappa shape index (κ2) is 4.55. The van der Waals surface area contributed by atoms with E-state index in [0.717, 1.165) is 4.57 Å². The zero-order valence-corrected chi connectivity index (χ0v) is 12.5. The maximum absolute atomic E-state index is 12.1. The monoisotopic (exact) mass is 334 g/mol. The number of aromatic nitrogens is 4. The van der Waals surface area contributed by atoms with Crippen molar-refractivity contribution >= 4 is 38.7 Å². The van der Waals surface area contributed by atoms with Crippen LogP contribution in [0, 0.1) is 0 Å². The topological polar surface area (TPSA) is 61.8 Å². The van der Waals surface area contributed by atoms with Gasteiger partial charge in [-0.2, -0.15) is 0 Å². The van der Waals surface area contributed by atoms with Gasteiger partial charge in [0.1, 0.15) is 0 Å². The van der Waals surface area contributed by atoms with E-state index in [1.54, 1.807) is 11.6 Å². The zero-order valence-electron chi connectivity index (χ0n) is 10.1. The summed E-state index contributed by atoms with van der Waals surface area (Å²) in [5.41, 5.74) is -0.0431. The van der Waals surface area contributed by atoms with Crippen LogP contribution in [0.1, 0.15) is 6.92 Å². The Morgan fingerprint density at radius 3 is 2.50 bits per heavy atom. The highest BCUT2D eigenvalue weighted by Crippen LogP contribution is 2.17. The van der Waals surface area contributed by atoms with E-state index < -0.39 is 5.69 Å². The Morgan fingerprint density at radius 1 is 1.33 bits per heavy atom. The lowest BCUT2D eigenvalue weighted by Gasteiger charge is -2.08. The van der Waals surface area contributed by atoms with E-state index >= 15 is 0 Å². The first kappa shape index (κ1) is 13.4. The number of halogens is 2. The van der Waals surface area contributed by atoms with Crippen molar-refractivity contribution in [1.29, 1.82) is 0 Å². The van der Waals surface area contributed by atoms with Crippen LogP contribution in [0.3, 0.4) is 0 Å². The third kappa shape index (κ3) is 1.91. The van der Waals surface area contributed by atoms with Crippen LogP contribution in [-0.4, -0.2) is 24.1 Å². The fourth-order valence-electron chi connectivity index (χ4n) is 1.84. The number of hydrogen-bond donors (Lipinski definition) is 0. The second-order valence-electron chi connectivity index (χ2n) is 4.15. The van der Waals surface area contributed by atoms with E-state index in [1.165, 1.54) is 11.6 Å². The molecule has 0 amide bonds. The van der Waals surface area contributed by atoms with Gasteiger partial charge in [-0.05, 0) is 22.9 Å². The fraction of sp³-hybridized carbons (Fsp3) is 0.500. The Hall–Kier alpha value is -1.08. The molecule has 18 heavy (non-hydrogen) atoms. The molecule has 2 rings (SSSR count). The lowest BCUT2D eigenvalue weighted by Crippen LogP contribution is -2.37. The summed E-state index contributed by atoms with van der Waals surface area (Å²) < 4.78 is 4.57. The van der Waals surface area contributed by atoms with Crippen molar-refractivity contribution in [3.63, 3.8) is 0 Å². The summed E-state index contributed by atoms with van der Waals surface area (Å²) in [6.07, 6.45) is 0. The highest BCUT2D eigenvalue weighted by atomic mass is 79.9. The third-order valence-corrected chi connectivity index (χ3v) is 3.48. The molecule has 1 atom stereocenters. The summed E-state index contributed by atoms with van der Waals surface area (Å²) >= 11 is 9.24. The van der Waals surface area contributed by atoms with Crippen LogP contribution in [0.2, 0.25) is 0 Å². The number of alkyl halides is 1. The van der Waals surface area contributed by atoms with Crippen LogP contribution in [0.15, 0.2) is 14.3 Å². The molecule has 8 heteroatoms. The molecule has 0 aliphatic carbocycles. The Bertz CT molecular complexity index is 728. The molecule has 0 spiro atoms. The summed E-state index contributed by atoms with van der Waals surface area (Å²) in [4.78, 5) is 28.1. The molecule has 0 aliphatic rings. The normalized spacial score (nSPS) is 13.2. The molecule has 2 heterocycles. The average molecular weight is 336 g/mol. The Balaban J connectivity index is 2.95. The number of aryl methyl sites for hydroxylation is 1. The molecular formula is C10H12BrClN4O2. The van der Waals surface area contributed by atoms with Gasteiger partial charge in [-0.1, -0.05) is 0 Å². The van der Waals surface area contributed by atoms with Gasteiger partial charge in [-0.3, -0.25) is 13.9 Å². The van der Waals surface area contributed by atoms with E-state index in [4.69, 9.17) is 11.6 Å². The minimum absolute atomic E-state index is 0.152. The SMILES string of the molecule is C[C@H](Cl)Cn1c(Br)nc2c1c(=O)n(C)c(=O)n2C. The molecule has 0 bridgehead atoms. The summed E-state index contributed by atoms with van der Waals surface area (Å²) in [6.45, 7) is 2.26. The van der Waals surface area contributed by atoms with Crippen LogP contribution < -0.4 is 11.2 Å². The van der Waals surface area contributed by atoms with E-state index in [9.17, 15) is 9.59 Å². The maximum atomic E-state index is 12.1. The van der Waals surface area contributed by atoms with Crippen molar-refractivity contribution in [2.24, 2.45) is 14.1 Å². The van der Waals surface area contributed by atoms with Gasteiger partial charge in [0.15, 0.2) is 15.9 Å². The van der Waals surface area contributed by atoms with E-state index in [-0.39, 0.29) is 10.9 Å². The van der Waals surface area contributed by atoms with Gasteiger partial charge in [0.2, 0.25) is 0 Å². The molecule has 0 radical (unpaired) electrons. The molecule has 0 aliphatic heterocycles. The van der Waals surface area contributed by atoms with Gasteiger partial charge in [0.25, 0.3) is 5.56 Å². The first-order valence-corrected chi connectivity index (χ1v) is 6.53. The summed E-state index contributed by atoms with van der Waals surface area (Å²) in [5.74, 6) is 0. The number of rotatable bonds is 2. The van der Waals surface area contributed by atoms with Crippen LogP contribution in [0.5, 0.6) is 0 Å². The highest BCUT2D eigenvalue weighted by Gasteiger charge is 2.18. The van der Waals surface area contributed by atoms with Gasteiger partial charge in [0, 0.05) is 26.0 Å². The van der Waals surface area contributed by atoms with Crippen LogP contribution in [0.25, 0.3) is 11.2 Å². The van der Waals surface area contributed by atoms with Crippen LogP contribution in [-0.2, 0) is 20.6 Å².